The van der Waals surface area contributed by atoms with Gasteiger partial charge in [-0.3, -0.25) is 19.2 Å². The average Bonchev–Trinajstić information content (AvgIpc) is 2.92. The molecular weight excluding hydrogens is 488 g/mol. The molecule has 0 radical (unpaired) electrons. The van der Waals surface area contributed by atoms with Gasteiger partial charge in [0, 0.05) is 31.6 Å². The molecule has 5 heteroatoms. The van der Waals surface area contributed by atoms with E-state index in [-0.39, 0.29) is 66.8 Å². The van der Waals surface area contributed by atoms with Crippen molar-refractivity contribution in [3.8, 4) is 5.75 Å². The minimum absolute atomic E-state index is 0.0144. The van der Waals surface area contributed by atoms with Crippen LogP contribution >= 0.6 is 0 Å². The summed E-state index contributed by atoms with van der Waals surface area (Å²) in [6.45, 7) is 3.86. The van der Waals surface area contributed by atoms with Crippen molar-refractivity contribution in [1.82, 2.24) is 0 Å². The third-order valence-corrected chi connectivity index (χ3v) is 8.07. The Morgan fingerprint density at radius 2 is 0.949 bits per heavy atom. The number of ketones is 4. The predicted molar refractivity (Wildman–Crippen MR) is 149 cm³/mol. The van der Waals surface area contributed by atoms with Gasteiger partial charge < -0.3 is 4.74 Å². The van der Waals surface area contributed by atoms with E-state index in [1.165, 1.54) is 0 Å². The lowest BCUT2D eigenvalue weighted by Crippen LogP contribution is -2.45. The van der Waals surface area contributed by atoms with Crippen LogP contribution in [0.25, 0.3) is 0 Å². The summed E-state index contributed by atoms with van der Waals surface area (Å²) in [6.07, 6.45) is 0.848. The van der Waals surface area contributed by atoms with E-state index >= 15 is 0 Å². The van der Waals surface area contributed by atoms with E-state index in [0.717, 1.165) is 11.1 Å². The van der Waals surface area contributed by atoms with E-state index in [1.54, 1.807) is 24.3 Å². The first-order valence-corrected chi connectivity index (χ1v) is 13.8. The Labute approximate surface area is 229 Å². The molecule has 0 spiro atoms. The van der Waals surface area contributed by atoms with Crippen LogP contribution in [0.2, 0.25) is 0 Å². The van der Waals surface area contributed by atoms with Gasteiger partial charge in [-0.2, -0.15) is 0 Å². The first kappa shape index (κ1) is 26.7. The SMILES string of the molecule is CC(C)Oc1ccc(C(C2C(=O)CC(c3ccccc3)CC2=O)C2C(=O)CC(c3ccccc3)CC2=O)cc1. The first-order chi connectivity index (χ1) is 18.8. The van der Waals surface area contributed by atoms with Crippen molar-refractivity contribution in [1.29, 1.82) is 0 Å². The van der Waals surface area contributed by atoms with Gasteiger partial charge in [-0.05, 0) is 54.5 Å². The summed E-state index contributed by atoms with van der Waals surface area (Å²) in [4.78, 5) is 54.8. The van der Waals surface area contributed by atoms with Crippen LogP contribution in [-0.4, -0.2) is 29.2 Å². The van der Waals surface area contributed by atoms with Gasteiger partial charge in [0.15, 0.2) is 0 Å². The maximum Gasteiger partial charge on any atom is 0.144 e. The third-order valence-electron chi connectivity index (χ3n) is 8.07. The van der Waals surface area contributed by atoms with Crippen molar-refractivity contribution < 1.29 is 23.9 Å². The van der Waals surface area contributed by atoms with Gasteiger partial charge in [-0.25, -0.2) is 0 Å². The Morgan fingerprint density at radius 3 is 1.31 bits per heavy atom. The molecule has 3 aromatic carbocycles. The van der Waals surface area contributed by atoms with Crippen molar-refractivity contribution in [3.05, 3.63) is 102 Å². The lowest BCUT2D eigenvalue weighted by Gasteiger charge is -2.38. The number of carbonyl (C=O) groups is 4. The number of carbonyl (C=O) groups excluding carboxylic acids is 4. The van der Waals surface area contributed by atoms with Gasteiger partial charge in [-0.1, -0.05) is 72.8 Å². The molecule has 2 saturated carbocycles. The Kier molecular flexibility index (Phi) is 7.87. The zero-order chi connectivity index (χ0) is 27.5. The highest BCUT2D eigenvalue weighted by Gasteiger charge is 2.50. The van der Waals surface area contributed by atoms with Crippen molar-refractivity contribution in [2.45, 2.75) is 63.4 Å². The fraction of sp³-hybridized carbons (Fsp3) is 0.353. The largest absolute Gasteiger partial charge is 0.491 e. The Hall–Kier alpha value is -3.86. The molecule has 0 heterocycles. The minimum Gasteiger partial charge on any atom is -0.491 e. The smallest absolute Gasteiger partial charge is 0.144 e. The average molecular weight is 523 g/mol. The second kappa shape index (κ2) is 11.5. The van der Waals surface area contributed by atoms with Gasteiger partial charge >= 0.3 is 0 Å². The van der Waals surface area contributed by atoms with Gasteiger partial charge in [0.05, 0.1) is 17.9 Å². The molecule has 5 rings (SSSR count). The van der Waals surface area contributed by atoms with E-state index in [0.29, 0.717) is 11.3 Å². The number of ether oxygens (including phenoxy) is 1. The molecule has 39 heavy (non-hydrogen) atoms. The molecular formula is C34H34O5. The first-order valence-electron chi connectivity index (χ1n) is 13.8. The van der Waals surface area contributed by atoms with E-state index < -0.39 is 17.8 Å². The minimum atomic E-state index is -1.02. The molecule has 0 bridgehead atoms. The summed E-state index contributed by atoms with van der Waals surface area (Å²) >= 11 is 0. The van der Waals surface area contributed by atoms with Crippen LogP contribution in [0.1, 0.15) is 74.0 Å². The molecule has 0 aromatic heterocycles. The summed E-state index contributed by atoms with van der Waals surface area (Å²) in [5.41, 5.74) is 2.57. The maximum absolute atomic E-state index is 13.7. The summed E-state index contributed by atoms with van der Waals surface area (Å²) in [5.74, 6) is -3.36. The van der Waals surface area contributed by atoms with E-state index in [9.17, 15) is 19.2 Å². The Bertz CT molecular complexity index is 1230. The van der Waals surface area contributed by atoms with Crippen LogP contribution in [0.5, 0.6) is 5.75 Å². The molecule has 0 aliphatic heterocycles. The molecule has 0 atom stereocenters. The monoisotopic (exact) mass is 522 g/mol. The zero-order valence-corrected chi connectivity index (χ0v) is 22.4. The van der Waals surface area contributed by atoms with Crippen molar-refractivity contribution in [2.75, 3.05) is 0 Å². The second-order valence-corrected chi connectivity index (χ2v) is 11.1. The van der Waals surface area contributed by atoms with E-state index in [4.69, 9.17) is 4.74 Å². The fourth-order valence-corrected chi connectivity index (χ4v) is 6.32. The van der Waals surface area contributed by atoms with Gasteiger partial charge in [0.1, 0.15) is 28.9 Å². The molecule has 0 saturated heterocycles. The predicted octanol–water partition coefficient (Wildman–Crippen LogP) is 6.22. The molecule has 0 amide bonds. The van der Waals surface area contributed by atoms with Crippen LogP contribution in [0.15, 0.2) is 84.9 Å². The number of rotatable bonds is 7. The van der Waals surface area contributed by atoms with Gasteiger partial charge in [0.25, 0.3) is 0 Å². The molecule has 0 unspecified atom stereocenters. The quantitative estimate of drug-likeness (QED) is 0.344. The highest BCUT2D eigenvalue weighted by Crippen LogP contribution is 2.46. The van der Waals surface area contributed by atoms with Crippen LogP contribution in [0, 0.1) is 11.8 Å². The van der Waals surface area contributed by atoms with E-state index in [1.807, 2.05) is 74.5 Å². The molecule has 2 fully saturated rings. The molecule has 2 aliphatic carbocycles. The molecule has 2 aliphatic rings. The topological polar surface area (TPSA) is 77.5 Å². The highest BCUT2D eigenvalue weighted by molar-refractivity contribution is 6.11. The number of hydrogen-bond donors (Lipinski definition) is 0. The standard InChI is InChI=1S/C34H34O5/c1-21(2)39-27-15-13-24(14-16-27)32(33-28(35)17-25(18-29(33)36)22-9-5-3-6-10-22)34-30(37)19-26(20-31(34)38)23-11-7-4-8-12-23/h3-16,21,25-26,32-34H,17-20H2,1-2H3. The summed E-state index contributed by atoms with van der Waals surface area (Å²) in [6, 6.07) is 26.4. The van der Waals surface area contributed by atoms with Crippen molar-refractivity contribution in [3.63, 3.8) is 0 Å². The molecule has 5 nitrogen and oxygen atoms in total. The van der Waals surface area contributed by atoms with Gasteiger partial charge in [-0.15, -0.1) is 0 Å². The number of benzene rings is 3. The summed E-state index contributed by atoms with van der Waals surface area (Å²) < 4.78 is 5.78. The zero-order valence-electron chi connectivity index (χ0n) is 22.4. The van der Waals surface area contributed by atoms with Crippen molar-refractivity contribution in [2.24, 2.45) is 11.8 Å². The van der Waals surface area contributed by atoms with Crippen molar-refractivity contribution >= 4 is 23.1 Å². The Morgan fingerprint density at radius 1 is 0.564 bits per heavy atom. The lowest BCUT2D eigenvalue weighted by atomic mass is 9.62. The van der Waals surface area contributed by atoms with Crippen LogP contribution in [0.3, 0.4) is 0 Å². The highest BCUT2D eigenvalue weighted by atomic mass is 16.5. The summed E-state index contributed by atoms with van der Waals surface area (Å²) in [5, 5.41) is 0. The van der Waals surface area contributed by atoms with E-state index in [2.05, 4.69) is 0 Å². The maximum atomic E-state index is 13.7. The summed E-state index contributed by atoms with van der Waals surface area (Å²) in [7, 11) is 0. The second-order valence-electron chi connectivity index (χ2n) is 11.1. The van der Waals surface area contributed by atoms with Crippen LogP contribution < -0.4 is 4.74 Å². The molecule has 200 valence electrons. The lowest BCUT2D eigenvalue weighted by molar-refractivity contribution is -0.142. The number of Topliss-reactive ketones (excluding diaryl/α,β-unsaturated/α-hetero) is 4. The molecule has 0 N–H and O–H groups in total. The molecule has 3 aromatic rings. The fourth-order valence-electron chi connectivity index (χ4n) is 6.32. The Balaban J connectivity index is 1.48. The van der Waals surface area contributed by atoms with Crippen LogP contribution in [-0.2, 0) is 19.2 Å². The number of hydrogen-bond acceptors (Lipinski definition) is 5. The normalized spacial score (nSPS) is 24.6. The van der Waals surface area contributed by atoms with Gasteiger partial charge in [0.2, 0.25) is 0 Å². The van der Waals surface area contributed by atoms with Crippen LogP contribution in [0.4, 0.5) is 0 Å². The third kappa shape index (κ3) is 5.78.